The molecule has 0 radical (unpaired) electrons. The number of methoxy groups -OCH3 is 1. The van der Waals surface area contributed by atoms with E-state index in [9.17, 15) is 19.2 Å². The fourth-order valence-electron chi connectivity index (χ4n) is 4.47. The van der Waals surface area contributed by atoms with Crippen molar-refractivity contribution >= 4 is 23.9 Å². The molecule has 0 spiro atoms. The highest BCUT2D eigenvalue weighted by Crippen LogP contribution is 2.35. The van der Waals surface area contributed by atoms with E-state index in [0.29, 0.717) is 24.0 Å². The summed E-state index contributed by atoms with van der Waals surface area (Å²) in [6.45, 7) is 4.83. The molecule has 0 aliphatic heterocycles. The molecule has 3 amide bonds. The van der Waals surface area contributed by atoms with Gasteiger partial charge in [-0.1, -0.05) is 54.5 Å². The number of esters is 1. The lowest BCUT2D eigenvalue weighted by molar-refractivity contribution is -0.148. The number of nitrogens with one attached hydrogen (secondary N) is 2. The van der Waals surface area contributed by atoms with Crippen molar-refractivity contribution in [1.29, 1.82) is 0 Å². The summed E-state index contributed by atoms with van der Waals surface area (Å²) in [5, 5.41) is 5.33. The van der Waals surface area contributed by atoms with Crippen molar-refractivity contribution < 1.29 is 28.7 Å². The quantitative estimate of drug-likeness (QED) is 0.348. The molecule has 0 heterocycles. The highest BCUT2D eigenvalue weighted by molar-refractivity contribution is 5.94. The van der Waals surface area contributed by atoms with Crippen LogP contribution >= 0.6 is 0 Å². The topological polar surface area (TPSA) is 114 Å². The highest BCUT2D eigenvalue weighted by atomic mass is 16.6. The summed E-state index contributed by atoms with van der Waals surface area (Å²) in [6, 6.07) is 13.7. The zero-order valence-electron chi connectivity index (χ0n) is 23.4. The molecule has 2 unspecified atom stereocenters. The van der Waals surface area contributed by atoms with Gasteiger partial charge >= 0.3 is 12.1 Å². The van der Waals surface area contributed by atoms with Crippen molar-refractivity contribution in [2.45, 2.75) is 70.2 Å². The molecule has 1 saturated carbocycles. The van der Waals surface area contributed by atoms with Crippen LogP contribution in [-0.2, 0) is 30.3 Å². The minimum atomic E-state index is -1.14. The Morgan fingerprint density at radius 2 is 1.70 bits per heavy atom. The summed E-state index contributed by atoms with van der Waals surface area (Å²) in [5.74, 6) is 0.938. The first kappa shape index (κ1) is 30.2. The van der Waals surface area contributed by atoms with Crippen LogP contribution in [0.3, 0.4) is 0 Å². The number of alkyl carbamates (subject to hydrolysis) is 1. The molecule has 0 saturated heterocycles. The van der Waals surface area contributed by atoms with E-state index in [-0.39, 0.29) is 19.0 Å². The largest absolute Gasteiger partial charge is 0.468 e. The van der Waals surface area contributed by atoms with Crippen molar-refractivity contribution in [3.8, 4) is 12.3 Å². The maximum absolute atomic E-state index is 14.4. The van der Waals surface area contributed by atoms with E-state index < -0.39 is 41.6 Å². The predicted molar refractivity (Wildman–Crippen MR) is 150 cm³/mol. The Hall–Kier alpha value is -4.32. The fourth-order valence-corrected chi connectivity index (χ4v) is 4.47. The van der Waals surface area contributed by atoms with Crippen molar-refractivity contribution in [1.82, 2.24) is 15.5 Å². The second-order valence-corrected chi connectivity index (χ2v) is 10.6. The molecule has 3 rings (SSSR count). The molecule has 1 fully saturated rings. The van der Waals surface area contributed by atoms with E-state index in [1.165, 1.54) is 12.0 Å². The molecule has 2 aromatic carbocycles. The van der Waals surface area contributed by atoms with Crippen LogP contribution in [0, 0.1) is 12.3 Å². The number of hydrogen-bond acceptors (Lipinski definition) is 6. The Kier molecular flexibility index (Phi) is 10.3. The van der Waals surface area contributed by atoms with Gasteiger partial charge in [-0.2, -0.15) is 0 Å². The van der Waals surface area contributed by atoms with Gasteiger partial charge in [0.1, 0.15) is 24.2 Å². The third kappa shape index (κ3) is 8.09. The third-order valence-corrected chi connectivity index (χ3v) is 6.57. The number of benzene rings is 2. The first-order valence-electron chi connectivity index (χ1n) is 13.3. The maximum Gasteiger partial charge on any atom is 0.408 e. The lowest BCUT2D eigenvalue weighted by Crippen LogP contribution is -2.58. The molecular formula is C31H37N3O6. The second-order valence-electron chi connectivity index (χ2n) is 10.6. The van der Waals surface area contributed by atoms with Gasteiger partial charge in [0.05, 0.1) is 7.11 Å². The molecule has 2 atom stereocenters. The molecule has 2 N–H and O–H groups in total. The highest BCUT2D eigenvalue weighted by Gasteiger charge is 2.42. The number of rotatable bonds is 10. The normalized spacial score (nSPS) is 14.5. The molecule has 0 bridgehead atoms. The van der Waals surface area contributed by atoms with Gasteiger partial charge in [-0.25, -0.2) is 4.79 Å². The van der Waals surface area contributed by atoms with E-state index in [1.807, 2.05) is 30.3 Å². The average molecular weight is 548 g/mol. The Bertz CT molecular complexity index is 1240. The minimum Gasteiger partial charge on any atom is -0.468 e. The van der Waals surface area contributed by atoms with Crippen LogP contribution in [0.4, 0.5) is 4.79 Å². The van der Waals surface area contributed by atoms with Crippen molar-refractivity contribution in [2.75, 3.05) is 13.7 Å². The summed E-state index contributed by atoms with van der Waals surface area (Å²) in [4.78, 5) is 54.4. The van der Waals surface area contributed by atoms with Gasteiger partial charge in [0.25, 0.3) is 0 Å². The Labute approximate surface area is 235 Å². The summed E-state index contributed by atoms with van der Waals surface area (Å²) >= 11 is 0. The van der Waals surface area contributed by atoms with Gasteiger partial charge in [0, 0.05) is 18.0 Å². The van der Waals surface area contributed by atoms with Crippen LogP contribution in [-0.4, -0.2) is 60.1 Å². The summed E-state index contributed by atoms with van der Waals surface area (Å²) in [5.41, 5.74) is 0.933. The van der Waals surface area contributed by atoms with E-state index in [2.05, 4.69) is 21.3 Å². The molecule has 212 valence electrons. The molecule has 9 heteroatoms. The maximum atomic E-state index is 14.4. The zero-order valence-corrected chi connectivity index (χ0v) is 23.4. The number of carbonyl (C=O) groups excluding carboxylic acids is 4. The molecule has 0 aromatic heterocycles. The smallest absolute Gasteiger partial charge is 0.408 e. The average Bonchev–Trinajstić information content (AvgIpc) is 2.89. The monoisotopic (exact) mass is 547 g/mol. The summed E-state index contributed by atoms with van der Waals surface area (Å²) in [6.07, 6.45) is 7.45. The molecule has 1 aliphatic rings. The Morgan fingerprint density at radius 3 is 2.27 bits per heavy atom. The van der Waals surface area contributed by atoms with Crippen LogP contribution in [0.5, 0.6) is 0 Å². The second kappa shape index (κ2) is 13.7. The van der Waals surface area contributed by atoms with E-state index in [0.717, 1.165) is 12.0 Å². The van der Waals surface area contributed by atoms with Gasteiger partial charge in [-0.3, -0.25) is 14.4 Å². The molecule has 2 aromatic rings. The van der Waals surface area contributed by atoms with Crippen LogP contribution in [0.15, 0.2) is 54.6 Å². The zero-order chi connectivity index (χ0) is 29.3. The van der Waals surface area contributed by atoms with Gasteiger partial charge < -0.3 is 25.0 Å². The molecule has 40 heavy (non-hydrogen) atoms. The molecule has 1 aliphatic carbocycles. The number of carbonyl (C=O) groups is 4. The standard InChI is InChI=1S/C31H37N3O6/c1-6-22-15-10-11-18-24(22)27(28(36)32-20-26(35)39-5)34(23-16-12-17-23)29(37)25(19-21-13-8-7-9-14-21)33-30(38)40-31(2,3)4/h1,7-11,13-15,18,23,25,27H,12,16-17,19-20H2,2-5H3,(H,32,36)(H,33,38). The first-order valence-corrected chi connectivity index (χ1v) is 13.3. The first-order chi connectivity index (χ1) is 19.0. The number of ether oxygens (including phenoxy) is 2. The lowest BCUT2D eigenvalue weighted by atomic mass is 9.87. The predicted octanol–water partition coefficient (Wildman–Crippen LogP) is 3.52. The Balaban J connectivity index is 2.06. The van der Waals surface area contributed by atoms with Gasteiger partial charge in [0.15, 0.2) is 0 Å². The van der Waals surface area contributed by atoms with E-state index in [1.54, 1.807) is 45.0 Å². The Morgan fingerprint density at radius 1 is 1.05 bits per heavy atom. The summed E-state index contributed by atoms with van der Waals surface area (Å²) < 4.78 is 10.1. The van der Waals surface area contributed by atoms with Crippen LogP contribution in [0.2, 0.25) is 0 Å². The molecular weight excluding hydrogens is 510 g/mol. The number of terminal acetylenes is 1. The summed E-state index contributed by atoms with van der Waals surface area (Å²) in [7, 11) is 1.22. The fraction of sp³-hybridized carbons (Fsp3) is 0.419. The van der Waals surface area contributed by atoms with Crippen LogP contribution in [0.25, 0.3) is 0 Å². The lowest BCUT2D eigenvalue weighted by Gasteiger charge is -2.43. The van der Waals surface area contributed by atoms with Crippen molar-refractivity contribution in [2.24, 2.45) is 0 Å². The SMILES string of the molecule is C#Cc1ccccc1C(C(=O)NCC(=O)OC)N(C(=O)C(Cc1ccccc1)NC(=O)OC(C)(C)C)C1CCC1. The number of amides is 3. The minimum absolute atomic E-state index is 0.176. The van der Waals surface area contributed by atoms with Crippen molar-refractivity contribution in [3.63, 3.8) is 0 Å². The van der Waals surface area contributed by atoms with Crippen LogP contribution in [0.1, 0.15) is 62.8 Å². The van der Waals surface area contributed by atoms with E-state index in [4.69, 9.17) is 11.2 Å². The van der Waals surface area contributed by atoms with E-state index >= 15 is 0 Å². The number of hydrogen-bond donors (Lipinski definition) is 2. The van der Waals surface area contributed by atoms with Gasteiger partial charge in [-0.15, -0.1) is 6.42 Å². The van der Waals surface area contributed by atoms with Gasteiger partial charge in [-0.05, 0) is 57.2 Å². The van der Waals surface area contributed by atoms with Crippen LogP contribution < -0.4 is 10.6 Å². The molecule has 9 nitrogen and oxygen atoms in total. The van der Waals surface area contributed by atoms with Crippen molar-refractivity contribution in [3.05, 3.63) is 71.3 Å². The number of nitrogens with zero attached hydrogens (tertiary/aromatic N) is 1. The van der Waals surface area contributed by atoms with Gasteiger partial charge in [0.2, 0.25) is 11.8 Å². The third-order valence-electron chi connectivity index (χ3n) is 6.57.